The third-order valence-electron chi connectivity index (χ3n) is 2.32. The number of nitrogens with two attached hydrogens (primary N) is 1. The number of hydrazine groups is 1. The first-order valence-corrected chi connectivity index (χ1v) is 5.70. The van der Waals surface area contributed by atoms with E-state index in [1.807, 2.05) is 17.4 Å². The summed E-state index contributed by atoms with van der Waals surface area (Å²) >= 11 is 0. The fraction of sp³-hybridized carbons (Fsp3) is 0.222. The minimum atomic E-state index is -1.05. The van der Waals surface area contributed by atoms with Crippen LogP contribution >= 0.6 is 0 Å². The highest BCUT2D eigenvalue weighted by Crippen LogP contribution is 2.30. The molecule has 15 heavy (non-hydrogen) atoms. The maximum Gasteiger partial charge on any atom is 0.265 e. The van der Waals surface area contributed by atoms with Gasteiger partial charge in [-0.25, -0.2) is 5.84 Å². The molecular formula is C9H11N3O2S. The van der Waals surface area contributed by atoms with Crippen LogP contribution in [0.4, 0.5) is 5.69 Å². The Morgan fingerprint density at radius 1 is 1.60 bits per heavy atom. The number of fused-ring (bicyclic) bond motifs is 1. The molecule has 0 aliphatic carbocycles. The molecule has 1 heterocycles. The van der Waals surface area contributed by atoms with E-state index in [-0.39, 0.29) is 5.91 Å². The van der Waals surface area contributed by atoms with Crippen molar-refractivity contribution in [2.75, 3.05) is 17.8 Å². The highest BCUT2D eigenvalue weighted by Gasteiger charge is 2.23. The van der Waals surface area contributed by atoms with E-state index < -0.39 is 10.8 Å². The summed E-state index contributed by atoms with van der Waals surface area (Å²) in [6.07, 6.45) is 0. The predicted molar refractivity (Wildman–Crippen MR) is 57.8 cm³/mol. The van der Waals surface area contributed by atoms with Gasteiger partial charge < -0.3 is 4.90 Å². The van der Waals surface area contributed by atoms with Crippen molar-refractivity contribution in [1.29, 1.82) is 0 Å². The lowest BCUT2D eigenvalue weighted by Gasteiger charge is -2.09. The molecule has 1 unspecified atom stereocenters. The Morgan fingerprint density at radius 3 is 3.00 bits per heavy atom. The van der Waals surface area contributed by atoms with Crippen LogP contribution in [-0.2, 0) is 10.8 Å². The van der Waals surface area contributed by atoms with Gasteiger partial charge in [0.25, 0.3) is 5.91 Å². The van der Waals surface area contributed by atoms with Crippen molar-refractivity contribution in [1.82, 2.24) is 5.43 Å². The molecule has 6 heteroatoms. The fourth-order valence-electron chi connectivity index (χ4n) is 1.55. The van der Waals surface area contributed by atoms with Gasteiger partial charge in [-0.2, -0.15) is 0 Å². The fourth-order valence-corrected chi connectivity index (χ4v) is 2.90. The van der Waals surface area contributed by atoms with E-state index in [0.717, 1.165) is 5.69 Å². The maximum absolute atomic E-state index is 11.6. The van der Waals surface area contributed by atoms with E-state index in [9.17, 15) is 9.00 Å². The molecule has 1 aliphatic heterocycles. The summed E-state index contributed by atoms with van der Waals surface area (Å²) in [5, 5.41) is 0. The summed E-state index contributed by atoms with van der Waals surface area (Å²) in [5.74, 6) is 5.13. The number of nitrogens with zero attached hydrogens (tertiary/aromatic N) is 1. The molecule has 5 nitrogen and oxygen atoms in total. The van der Waals surface area contributed by atoms with Crippen LogP contribution in [0.15, 0.2) is 23.1 Å². The zero-order valence-corrected chi connectivity index (χ0v) is 9.00. The lowest BCUT2D eigenvalue weighted by molar-refractivity contribution is 0.0953. The van der Waals surface area contributed by atoms with Crippen LogP contribution in [0.25, 0.3) is 0 Å². The molecule has 1 amide bonds. The highest BCUT2D eigenvalue weighted by atomic mass is 32.2. The largest absolute Gasteiger partial charge is 0.361 e. The quantitative estimate of drug-likeness (QED) is 0.394. The van der Waals surface area contributed by atoms with E-state index in [4.69, 9.17) is 5.84 Å². The molecule has 1 atom stereocenters. The van der Waals surface area contributed by atoms with Crippen molar-refractivity contribution in [3.63, 3.8) is 0 Å². The van der Waals surface area contributed by atoms with Crippen LogP contribution in [0, 0.1) is 0 Å². The van der Waals surface area contributed by atoms with Crippen LogP contribution in [0.5, 0.6) is 0 Å². The van der Waals surface area contributed by atoms with Gasteiger partial charge in [0.2, 0.25) is 0 Å². The van der Waals surface area contributed by atoms with E-state index in [0.29, 0.717) is 16.3 Å². The number of rotatable bonds is 1. The van der Waals surface area contributed by atoms with Crippen molar-refractivity contribution in [3.05, 3.63) is 23.8 Å². The number of hydrogen-bond donors (Lipinski definition) is 2. The third-order valence-corrected chi connectivity index (χ3v) is 3.76. The van der Waals surface area contributed by atoms with Crippen molar-refractivity contribution < 1.29 is 9.00 Å². The van der Waals surface area contributed by atoms with Gasteiger partial charge in [0.05, 0.1) is 27.3 Å². The molecule has 0 spiro atoms. The standard InChI is InChI=1S/C9H11N3O2S/c1-12-5-15(14)8-4-6(9(13)11-10)2-3-7(8)12/h2-4H,5,10H2,1H3,(H,11,13). The average molecular weight is 225 g/mol. The molecule has 3 N–H and O–H groups in total. The van der Waals surface area contributed by atoms with Gasteiger partial charge in [0, 0.05) is 12.6 Å². The number of hydrogen-bond acceptors (Lipinski definition) is 4. The van der Waals surface area contributed by atoms with Crippen molar-refractivity contribution >= 4 is 22.4 Å². The van der Waals surface area contributed by atoms with Gasteiger partial charge in [-0.15, -0.1) is 0 Å². The van der Waals surface area contributed by atoms with Crippen molar-refractivity contribution in [2.24, 2.45) is 5.84 Å². The lowest BCUT2D eigenvalue weighted by atomic mass is 10.2. The predicted octanol–water partition coefficient (Wildman–Crippen LogP) is -0.195. The number of nitrogen functional groups attached to an aromatic ring is 1. The number of nitrogens with one attached hydrogen (secondary N) is 1. The summed E-state index contributed by atoms with van der Waals surface area (Å²) in [4.78, 5) is 13.8. The second-order valence-electron chi connectivity index (χ2n) is 3.33. The molecule has 0 saturated carbocycles. The molecule has 1 aromatic carbocycles. The summed E-state index contributed by atoms with van der Waals surface area (Å²) in [6.45, 7) is 0. The molecule has 2 rings (SSSR count). The first-order valence-electron chi connectivity index (χ1n) is 4.38. The molecule has 0 bridgehead atoms. The SMILES string of the molecule is CN1CS(=O)c2cc(C(=O)NN)ccc21. The van der Waals surface area contributed by atoms with Gasteiger partial charge in [-0.05, 0) is 18.2 Å². The van der Waals surface area contributed by atoms with Crippen molar-refractivity contribution in [2.45, 2.75) is 4.90 Å². The second-order valence-corrected chi connectivity index (χ2v) is 4.72. The van der Waals surface area contributed by atoms with Crippen LogP contribution in [0.3, 0.4) is 0 Å². The number of carbonyl (C=O) groups is 1. The van der Waals surface area contributed by atoms with E-state index in [2.05, 4.69) is 0 Å². The minimum Gasteiger partial charge on any atom is -0.361 e. The van der Waals surface area contributed by atoms with E-state index >= 15 is 0 Å². The number of carbonyl (C=O) groups excluding carboxylic acids is 1. The van der Waals surface area contributed by atoms with Crippen LogP contribution < -0.4 is 16.2 Å². The molecule has 0 saturated heterocycles. The first-order chi connectivity index (χ1) is 7.13. The summed E-state index contributed by atoms with van der Waals surface area (Å²) < 4.78 is 11.6. The van der Waals surface area contributed by atoms with E-state index in [1.165, 1.54) is 0 Å². The highest BCUT2D eigenvalue weighted by molar-refractivity contribution is 7.85. The normalized spacial score (nSPS) is 18.8. The molecule has 0 aromatic heterocycles. The Hall–Kier alpha value is -1.40. The van der Waals surface area contributed by atoms with Gasteiger partial charge in [0.15, 0.2) is 0 Å². The van der Waals surface area contributed by atoms with Gasteiger partial charge in [0.1, 0.15) is 0 Å². The average Bonchev–Trinajstić information content (AvgIpc) is 2.53. The molecule has 0 radical (unpaired) electrons. The first kappa shape index (κ1) is 10.1. The third kappa shape index (κ3) is 1.62. The Bertz CT molecular complexity index is 447. The molecule has 1 aromatic rings. The maximum atomic E-state index is 11.6. The molecule has 80 valence electrons. The second kappa shape index (κ2) is 3.63. The number of amides is 1. The van der Waals surface area contributed by atoms with Crippen molar-refractivity contribution in [3.8, 4) is 0 Å². The molecular weight excluding hydrogens is 214 g/mol. The minimum absolute atomic E-state index is 0.371. The van der Waals surface area contributed by atoms with Gasteiger partial charge >= 0.3 is 0 Å². The Labute approximate surface area is 89.7 Å². The topological polar surface area (TPSA) is 75.4 Å². The number of anilines is 1. The molecule has 1 aliphatic rings. The Balaban J connectivity index is 2.47. The Morgan fingerprint density at radius 2 is 2.33 bits per heavy atom. The van der Waals surface area contributed by atoms with E-state index in [1.54, 1.807) is 18.2 Å². The summed E-state index contributed by atoms with van der Waals surface area (Å²) in [5.41, 5.74) is 3.38. The summed E-state index contributed by atoms with van der Waals surface area (Å²) in [6, 6.07) is 5.07. The zero-order valence-electron chi connectivity index (χ0n) is 8.19. The van der Waals surface area contributed by atoms with Crippen LogP contribution in [0.2, 0.25) is 0 Å². The Kier molecular flexibility index (Phi) is 2.45. The number of benzene rings is 1. The molecule has 0 fully saturated rings. The smallest absolute Gasteiger partial charge is 0.265 e. The van der Waals surface area contributed by atoms with Crippen LogP contribution in [-0.4, -0.2) is 23.0 Å². The summed E-state index contributed by atoms with van der Waals surface area (Å²) in [7, 11) is 0.816. The zero-order chi connectivity index (χ0) is 11.0. The van der Waals surface area contributed by atoms with Crippen LogP contribution in [0.1, 0.15) is 10.4 Å². The monoisotopic (exact) mass is 225 g/mol. The van der Waals surface area contributed by atoms with Gasteiger partial charge in [-0.1, -0.05) is 0 Å². The lowest BCUT2D eigenvalue weighted by Crippen LogP contribution is -2.29. The van der Waals surface area contributed by atoms with Gasteiger partial charge in [-0.3, -0.25) is 14.4 Å².